The monoisotopic (exact) mass is 337 g/mol. The lowest BCUT2D eigenvalue weighted by molar-refractivity contribution is -0.110. The van der Waals surface area contributed by atoms with Crippen LogP contribution in [0.2, 0.25) is 0 Å². The van der Waals surface area contributed by atoms with E-state index in [1.807, 2.05) is 31.2 Å². The molecule has 2 aromatic carbocycles. The van der Waals surface area contributed by atoms with Crippen LogP contribution < -0.4 is 15.5 Å². The average Bonchev–Trinajstić information content (AvgIpc) is 3.21. The van der Waals surface area contributed by atoms with Gasteiger partial charge in [0, 0.05) is 36.2 Å². The second-order valence-corrected chi connectivity index (χ2v) is 6.51. The Balaban J connectivity index is 1.58. The van der Waals surface area contributed by atoms with Crippen LogP contribution in [-0.4, -0.2) is 19.0 Å². The van der Waals surface area contributed by atoms with Crippen LogP contribution in [0, 0.1) is 12.7 Å². The van der Waals surface area contributed by atoms with E-state index in [0.717, 1.165) is 42.7 Å². The van der Waals surface area contributed by atoms with Crippen LogP contribution >= 0.6 is 0 Å². The lowest BCUT2D eigenvalue weighted by Gasteiger charge is -2.18. The zero-order valence-electron chi connectivity index (χ0n) is 14.1. The van der Waals surface area contributed by atoms with E-state index in [1.54, 1.807) is 12.3 Å². The predicted octanol–water partition coefficient (Wildman–Crippen LogP) is 4.14. The third kappa shape index (κ3) is 2.86. The van der Waals surface area contributed by atoms with Gasteiger partial charge in [-0.1, -0.05) is 12.1 Å². The molecule has 1 saturated heterocycles. The van der Waals surface area contributed by atoms with Crippen LogP contribution in [-0.2, 0) is 4.79 Å². The minimum atomic E-state index is -0.238. The molecule has 0 unspecified atom stereocenters. The molecule has 0 spiro atoms. The molecule has 128 valence electrons. The number of fused-ring (bicyclic) bond motifs is 1. The molecule has 1 fully saturated rings. The van der Waals surface area contributed by atoms with E-state index in [0.29, 0.717) is 16.9 Å². The van der Waals surface area contributed by atoms with Crippen molar-refractivity contribution >= 4 is 28.5 Å². The van der Waals surface area contributed by atoms with E-state index in [-0.39, 0.29) is 11.7 Å². The first-order valence-electron chi connectivity index (χ1n) is 8.56. The highest BCUT2D eigenvalue weighted by atomic mass is 19.1. The Kier molecular flexibility index (Phi) is 3.92. The molecule has 2 aliphatic rings. The van der Waals surface area contributed by atoms with E-state index in [9.17, 15) is 9.18 Å². The number of anilines is 3. The van der Waals surface area contributed by atoms with Gasteiger partial charge in [-0.15, -0.1) is 0 Å². The summed E-state index contributed by atoms with van der Waals surface area (Å²) in [4.78, 5) is 14.3. The molecular weight excluding hydrogens is 317 g/mol. The van der Waals surface area contributed by atoms with E-state index >= 15 is 0 Å². The Bertz CT molecular complexity index is 869. The molecule has 0 saturated carbocycles. The predicted molar refractivity (Wildman–Crippen MR) is 99.3 cm³/mol. The van der Waals surface area contributed by atoms with Crippen LogP contribution in [0.15, 0.2) is 42.6 Å². The van der Waals surface area contributed by atoms with Gasteiger partial charge in [0.2, 0.25) is 0 Å². The zero-order valence-corrected chi connectivity index (χ0v) is 14.1. The Morgan fingerprint density at radius 2 is 2.00 bits per heavy atom. The smallest absolute Gasteiger partial charge is 0.257 e. The second kappa shape index (κ2) is 6.24. The number of halogens is 1. The number of aryl methyl sites for hydroxylation is 1. The first kappa shape index (κ1) is 15.7. The van der Waals surface area contributed by atoms with E-state index in [1.165, 1.54) is 6.07 Å². The van der Waals surface area contributed by atoms with Crippen molar-refractivity contribution in [3.63, 3.8) is 0 Å². The number of carbonyl (C=O) groups excluding carboxylic acids is 1. The number of nitrogens with one attached hydrogen (secondary N) is 2. The van der Waals surface area contributed by atoms with Gasteiger partial charge >= 0.3 is 0 Å². The summed E-state index contributed by atoms with van der Waals surface area (Å²) in [5.74, 6) is -0.385. The molecule has 2 N–H and O–H groups in total. The van der Waals surface area contributed by atoms with Crippen LogP contribution in [0.3, 0.4) is 0 Å². The Morgan fingerprint density at radius 1 is 1.20 bits per heavy atom. The molecule has 2 aromatic rings. The van der Waals surface area contributed by atoms with Crippen molar-refractivity contribution in [2.75, 3.05) is 28.6 Å². The van der Waals surface area contributed by atoms with Crippen LogP contribution in [0.25, 0.3) is 5.57 Å². The minimum absolute atomic E-state index is 0.147. The largest absolute Gasteiger partial charge is 0.369 e. The van der Waals surface area contributed by atoms with Crippen molar-refractivity contribution in [1.82, 2.24) is 0 Å². The maximum absolute atomic E-state index is 14.4. The number of nitrogens with zero attached hydrogens (tertiary/aromatic N) is 1. The summed E-state index contributed by atoms with van der Waals surface area (Å²) in [5.41, 5.74) is 4.58. The molecule has 0 atom stereocenters. The number of carbonyl (C=O) groups is 1. The number of hydrogen-bond donors (Lipinski definition) is 2. The third-order valence-corrected chi connectivity index (χ3v) is 4.81. The zero-order chi connectivity index (χ0) is 17.4. The van der Waals surface area contributed by atoms with E-state index in [4.69, 9.17) is 0 Å². The summed E-state index contributed by atoms with van der Waals surface area (Å²) in [6.07, 6.45) is 3.87. The molecule has 0 radical (unpaired) electrons. The second-order valence-electron chi connectivity index (χ2n) is 6.51. The van der Waals surface area contributed by atoms with Crippen molar-refractivity contribution in [3.8, 4) is 0 Å². The lowest BCUT2D eigenvalue weighted by Crippen LogP contribution is -2.18. The number of hydrogen-bond acceptors (Lipinski definition) is 3. The summed E-state index contributed by atoms with van der Waals surface area (Å²) < 4.78 is 14.4. The minimum Gasteiger partial charge on any atom is -0.369 e. The normalized spacial score (nSPS) is 17.8. The first-order chi connectivity index (χ1) is 12.1. The molecule has 0 bridgehead atoms. The standard InChI is InChI=1S/C20H20FN3O/c1-13-5-4-6-17-19(13)15(20(25)23-17)12-22-14-7-8-18(16(21)11-14)24-9-2-3-10-24/h4-8,11-12,22H,2-3,9-10H2,1H3,(H,23,25). The highest BCUT2D eigenvalue weighted by Crippen LogP contribution is 2.34. The van der Waals surface area contributed by atoms with Crippen LogP contribution in [0.5, 0.6) is 0 Å². The van der Waals surface area contributed by atoms with Gasteiger partial charge in [0.25, 0.3) is 5.91 Å². The summed E-state index contributed by atoms with van der Waals surface area (Å²) in [6, 6.07) is 10.9. The van der Waals surface area contributed by atoms with Crippen molar-refractivity contribution in [3.05, 3.63) is 59.5 Å². The van der Waals surface area contributed by atoms with Gasteiger partial charge in [0.05, 0.1) is 11.3 Å². The first-order valence-corrected chi connectivity index (χ1v) is 8.56. The van der Waals surface area contributed by atoms with Gasteiger partial charge in [-0.25, -0.2) is 4.39 Å². The molecular formula is C20H20FN3O. The van der Waals surface area contributed by atoms with E-state index in [2.05, 4.69) is 15.5 Å². The number of benzene rings is 2. The fourth-order valence-corrected chi connectivity index (χ4v) is 3.54. The molecule has 1 amide bonds. The lowest BCUT2D eigenvalue weighted by atomic mass is 10.0. The number of rotatable bonds is 3. The molecule has 2 heterocycles. The molecule has 0 aromatic heterocycles. The van der Waals surface area contributed by atoms with Crippen molar-refractivity contribution in [2.24, 2.45) is 0 Å². The third-order valence-electron chi connectivity index (χ3n) is 4.81. The molecule has 25 heavy (non-hydrogen) atoms. The molecule has 2 aliphatic heterocycles. The van der Waals surface area contributed by atoms with Gasteiger partial charge in [0.15, 0.2) is 0 Å². The van der Waals surface area contributed by atoms with Crippen molar-refractivity contribution in [1.29, 1.82) is 0 Å². The summed E-state index contributed by atoms with van der Waals surface area (Å²) in [5, 5.41) is 5.92. The Hall–Kier alpha value is -2.82. The maximum atomic E-state index is 14.4. The van der Waals surface area contributed by atoms with Crippen molar-refractivity contribution < 1.29 is 9.18 Å². The topological polar surface area (TPSA) is 44.4 Å². The van der Waals surface area contributed by atoms with Crippen LogP contribution in [0.1, 0.15) is 24.0 Å². The average molecular weight is 337 g/mol. The quantitative estimate of drug-likeness (QED) is 0.828. The van der Waals surface area contributed by atoms with Gasteiger partial charge in [-0.05, 0) is 49.6 Å². The molecule has 4 rings (SSSR count). The molecule has 5 heteroatoms. The fourth-order valence-electron chi connectivity index (χ4n) is 3.54. The summed E-state index contributed by atoms with van der Waals surface area (Å²) in [6.45, 7) is 3.78. The van der Waals surface area contributed by atoms with E-state index < -0.39 is 0 Å². The highest BCUT2D eigenvalue weighted by molar-refractivity contribution is 6.32. The van der Waals surface area contributed by atoms with Crippen molar-refractivity contribution in [2.45, 2.75) is 19.8 Å². The summed E-state index contributed by atoms with van der Waals surface area (Å²) in [7, 11) is 0. The SMILES string of the molecule is Cc1cccc2c1C(=CNc1ccc(N3CCCC3)c(F)c1)C(=O)N2. The van der Waals surface area contributed by atoms with Gasteiger partial charge in [-0.3, -0.25) is 4.79 Å². The number of amides is 1. The maximum Gasteiger partial charge on any atom is 0.257 e. The molecule has 4 nitrogen and oxygen atoms in total. The Morgan fingerprint density at radius 3 is 2.76 bits per heavy atom. The Labute approximate surface area is 146 Å². The van der Waals surface area contributed by atoms with Gasteiger partial charge in [-0.2, -0.15) is 0 Å². The van der Waals surface area contributed by atoms with Gasteiger partial charge in [0.1, 0.15) is 5.82 Å². The summed E-state index contributed by atoms with van der Waals surface area (Å²) >= 11 is 0. The molecule has 0 aliphatic carbocycles. The highest BCUT2D eigenvalue weighted by Gasteiger charge is 2.25. The van der Waals surface area contributed by atoms with Crippen LogP contribution in [0.4, 0.5) is 21.5 Å². The fraction of sp³-hybridized carbons (Fsp3) is 0.250. The van der Waals surface area contributed by atoms with Gasteiger partial charge < -0.3 is 15.5 Å².